The predicted octanol–water partition coefficient (Wildman–Crippen LogP) is 1.36. The van der Waals surface area contributed by atoms with E-state index in [9.17, 15) is 4.21 Å². The quantitative estimate of drug-likeness (QED) is 0.670. The summed E-state index contributed by atoms with van der Waals surface area (Å²) in [5, 5.41) is 0. The van der Waals surface area contributed by atoms with Crippen molar-refractivity contribution in [2.45, 2.75) is 4.90 Å². The largest absolute Gasteiger partial charge is 0.399 e. The molecule has 66 valence electrons. The predicted molar refractivity (Wildman–Crippen MR) is 51.5 cm³/mol. The van der Waals surface area contributed by atoms with E-state index in [2.05, 4.69) is 4.36 Å². The third-order valence-electron chi connectivity index (χ3n) is 1.64. The molecule has 0 bridgehead atoms. The molecular formula is C8H12N2OS. The first-order chi connectivity index (χ1) is 5.56. The molecule has 0 saturated carbocycles. The Morgan fingerprint density at radius 3 is 2.67 bits per heavy atom. The molecule has 1 atom stereocenters. The number of hydrogen-bond donors (Lipinski definition) is 1. The SMILES string of the molecule is CN=[S@@](C)(=O)c1cccc(N)c1. The standard InChI is InChI=1S/C8H12N2OS/c1-10-12(2,11)8-5-3-4-7(9)6-8/h3-6H,9H2,1-2H3/t12-/m0/s1. The van der Waals surface area contributed by atoms with Crippen LogP contribution >= 0.6 is 0 Å². The summed E-state index contributed by atoms with van der Waals surface area (Å²) in [4.78, 5) is 0.685. The lowest BCUT2D eigenvalue weighted by Crippen LogP contribution is -1.97. The molecule has 0 aliphatic carbocycles. The van der Waals surface area contributed by atoms with E-state index >= 15 is 0 Å². The molecule has 1 aromatic carbocycles. The number of benzene rings is 1. The van der Waals surface area contributed by atoms with Crippen LogP contribution in [0.15, 0.2) is 33.5 Å². The molecule has 0 unspecified atom stereocenters. The van der Waals surface area contributed by atoms with Gasteiger partial charge in [0.1, 0.15) is 0 Å². The van der Waals surface area contributed by atoms with Gasteiger partial charge in [-0.25, -0.2) is 8.57 Å². The molecule has 0 saturated heterocycles. The van der Waals surface area contributed by atoms with Crippen LogP contribution in [0.4, 0.5) is 5.69 Å². The minimum absolute atomic E-state index is 0.616. The molecule has 0 amide bonds. The van der Waals surface area contributed by atoms with Gasteiger partial charge in [0.25, 0.3) is 0 Å². The van der Waals surface area contributed by atoms with E-state index in [-0.39, 0.29) is 0 Å². The van der Waals surface area contributed by atoms with Crippen molar-refractivity contribution in [3.63, 3.8) is 0 Å². The highest BCUT2D eigenvalue weighted by atomic mass is 32.2. The second-order valence-corrected chi connectivity index (χ2v) is 5.00. The molecule has 0 heterocycles. The summed E-state index contributed by atoms with van der Waals surface area (Å²) in [6.45, 7) is 0. The van der Waals surface area contributed by atoms with Gasteiger partial charge < -0.3 is 5.73 Å². The van der Waals surface area contributed by atoms with Crippen LogP contribution in [-0.4, -0.2) is 17.5 Å². The van der Waals surface area contributed by atoms with E-state index in [4.69, 9.17) is 5.73 Å². The molecule has 0 aliphatic heterocycles. The topological polar surface area (TPSA) is 55.5 Å². The summed E-state index contributed by atoms with van der Waals surface area (Å²) < 4.78 is 15.5. The fourth-order valence-electron chi connectivity index (χ4n) is 0.856. The number of hydrogen-bond acceptors (Lipinski definition) is 3. The minimum atomic E-state index is -2.23. The van der Waals surface area contributed by atoms with Gasteiger partial charge in [-0.05, 0) is 18.2 Å². The van der Waals surface area contributed by atoms with Crippen molar-refractivity contribution in [2.75, 3.05) is 19.0 Å². The second kappa shape index (κ2) is 3.15. The van der Waals surface area contributed by atoms with Crippen LogP contribution in [0.3, 0.4) is 0 Å². The third-order valence-corrected chi connectivity index (χ3v) is 3.47. The average Bonchev–Trinajstić information content (AvgIpc) is 2.05. The Morgan fingerprint density at radius 2 is 2.17 bits per heavy atom. The smallest absolute Gasteiger partial charge is 0.0721 e. The minimum Gasteiger partial charge on any atom is -0.399 e. The molecule has 0 fully saturated rings. The van der Waals surface area contributed by atoms with Gasteiger partial charge in [0.15, 0.2) is 0 Å². The van der Waals surface area contributed by atoms with Crippen molar-refractivity contribution < 1.29 is 4.21 Å². The van der Waals surface area contributed by atoms with Crippen LogP contribution in [0.1, 0.15) is 0 Å². The second-order valence-electron chi connectivity index (χ2n) is 2.56. The Morgan fingerprint density at radius 1 is 1.50 bits per heavy atom. The van der Waals surface area contributed by atoms with Crippen molar-refractivity contribution in [2.24, 2.45) is 4.36 Å². The van der Waals surface area contributed by atoms with E-state index in [0.717, 1.165) is 0 Å². The maximum Gasteiger partial charge on any atom is 0.0721 e. The Labute approximate surface area is 72.8 Å². The molecule has 1 aromatic rings. The number of rotatable bonds is 1. The lowest BCUT2D eigenvalue weighted by atomic mass is 10.3. The van der Waals surface area contributed by atoms with E-state index in [1.54, 1.807) is 37.6 Å². The number of anilines is 1. The van der Waals surface area contributed by atoms with Crippen molar-refractivity contribution in [3.8, 4) is 0 Å². The lowest BCUT2D eigenvalue weighted by Gasteiger charge is -2.02. The molecule has 4 heteroatoms. The summed E-state index contributed by atoms with van der Waals surface area (Å²) >= 11 is 0. The van der Waals surface area contributed by atoms with Crippen LogP contribution in [0.25, 0.3) is 0 Å². The highest BCUT2D eigenvalue weighted by molar-refractivity contribution is 7.93. The Bertz CT molecular complexity index is 392. The monoisotopic (exact) mass is 184 g/mol. The molecule has 0 aliphatic rings. The first kappa shape index (κ1) is 9.06. The van der Waals surface area contributed by atoms with Crippen LogP contribution < -0.4 is 5.73 Å². The summed E-state index contributed by atoms with van der Waals surface area (Å²) in [6.07, 6.45) is 1.60. The van der Waals surface area contributed by atoms with Crippen LogP contribution in [0.2, 0.25) is 0 Å². The Balaban J connectivity index is 3.31. The van der Waals surface area contributed by atoms with Gasteiger partial charge >= 0.3 is 0 Å². The summed E-state index contributed by atoms with van der Waals surface area (Å²) in [7, 11) is -0.679. The summed E-state index contributed by atoms with van der Waals surface area (Å²) in [5.41, 5.74) is 6.16. The van der Waals surface area contributed by atoms with E-state index in [0.29, 0.717) is 10.6 Å². The highest BCUT2D eigenvalue weighted by Crippen LogP contribution is 2.13. The zero-order valence-electron chi connectivity index (χ0n) is 7.15. The zero-order valence-corrected chi connectivity index (χ0v) is 7.97. The molecular weight excluding hydrogens is 172 g/mol. The Hall–Kier alpha value is -1.03. The maximum absolute atomic E-state index is 11.7. The first-order valence-corrected chi connectivity index (χ1v) is 5.44. The Kier molecular flexibility index (Phi) is 2.38. The van der Waals surface area contributed by atoms with Crippen molar-refractivity contribution in [1.82, 2.24) is 0 Å². The van der Waals surface area contributed by atoms with Gasteiger partial charge in [0.05, 0.1) is 9.73 Å². The van der Waals surface area contributed by atoms with E-state index in [1.165, 1.54) is 0 Å². The zero-order chi connectivity index (χ0) is 9.19. The first-order valence-electron chi connectivity index (χ1n) is 3.52. The maximum atomic E-state index is 11.7. The van der Waals surface area contributed by atoms with Crippen LogP contribution in [-0.2, 0) is 9.73 Å². The normalized spacial score (nSPS) is 15.2. The van der Waals surface area contributed by atoms with Gasteiger partial charge in [0.2, 0.25) is 0 Å². The summed E-state index contributed by atoms with van der Waals surface area (Å²) in [5.74, 6) is 0. The summed E-state index contributed by atoms with van der Waals surface area (Å²) in [6, 6.07) is 6.99. The highest BCUT2D eigenvalue weighted by Gasteiger charge is 2.03. The van der Waals surface area contributed by atoms with Crippen molar-refractivity contribution in [3.05, 3.63) is 24.3 Å². The molecule has 0 spiro atoms. The fourth-order valence-corrected chi connectivity index (χ4v) is 1.75. The van der Waals surface area contributed by atoms with Gasteiger partial charge in [-0.15, -0.1) is 0 Å². The molecule has 0 radical (unpaired) electrons. The molecule has 0 aromatic heterocycles. The average molecular weight is 184 g/mol. The van der Waals surface area contributed by atoms with Crippen molar-refractivity contribution in [1.29, 1.82) is 0 Å². The molecule has 3 nitrogen and oxygen atoms in total. The fraction of sp³-hybridized carbons (Fsp3) is 0.250. The number of nitrogens with zero attached hydrogens (tertiary/aromatic N) is 1. The van der Waals surface area contributed by atoms with Gasteiger partial charge in [-0.3, -0.25) is 0 Å². The van der Waals surface area contributed by atoms with Crippen LogP contribution in [0.5, 0.6) is 0 Å². The number of nitrogens with two attached hydrogens (primary N) is 1. The molecule has 12 heavy (non-hydrogen) atoms. The van der Waals surface area contributed by atoms with Crippen molar-refractivity contribution >= 4 is 15.4 Å². The van der Waals surface area contributed by atoms with Gasteiger partial charge in [-0.2, -0.15) is 0 Å². The van der Waals surface area contributed by atoms with Gasteiger partial charge in [-0.1, -0.05) is 6.07 Å². The third kappa shape index (κ3) is 1.76. The lowest BCUT2D eigenvalue weighted by molar-refractivity contribution is 0.680. The number of nitrogen functional groups attached to an aromatic ring is 1. The van der Waals surface area contributed by atoms with Gasteiger partial charge in [0, 0.05) is 23.9 Å². The van der Waals surface area contributed by atoms with Crippen LogP contribution in [0, 0.1) is 0 Å². The molecule has 1 rings (SSSR count). The molecule has 2 N–H and O–H groups in total. The van der Waals surface area contributed by atoms with E-state index < -0.39 is 9.73 Å². The van der Waals surface area contributed by atoms with E-state index in [1.807, 2.05) is 0 Å².